The summed E-state index contributed by atoms with van der Waals surface area (Å²) in [7, 11) is 0. The number of nitrogens with one attached hydrogen (secondary N) is 1. The van der Waals surface area contributed by atoms with Crippen molar-refractivity contribution in [3.05, 3.63) is 35.9 Å². The van der Waals surface area contributed by atoms with Crippen molar-refractivity contribution in [1.29, 1.82) is 0 Å². The molecule has 1 aromatic carbocycles. The fourth-order valence-electron chi connectivity index (χ4n) is 3.61. The molecule has 1 aliphatic carbocycles. The fraction of sp³-hybridized carbons (Fsp3) is 0.667. The summed E-state index contributed by atoms with van der Waals surface area (Å²) in [6.07, 6.45) is 8.66. The third kappa shape index (κ3) is 4.35. The van der Waals surface area contributed by atoms with E-state index >= 15 is 0 Å². The van der Waals surface area contributed by atoms with Crippen LogP contribution in [0.3, 0.4) is 0 Å². The number of hydrogen-bond acceptors (Lipinski definition) is 1. The first-order chi connectivity index (χ1) is 9.31. The van der Waals surface area contributed by atoms with Crippen molar-refractivity contribution < 1.29 is 0 Å². The smallest absolute Gasteiger partial charge is 0.0346 e. The van der Waals surface area contributed by atoms with Crippen LogP contribution < -0.4 is 5.32 Å². The Hall–Kier alpha value is -0.820. The fourth-order valence-corrected chi connectivity index (χ4v) is 3.61. The van der Waals surface area contributed by atoms with Gasteiger partial charge in [0.2, 0.25) is 0 Å². The lowest BCUT2D eigenvalue weighted by atomic mass is 9.80. The van der Waals surface area contributed by atoms with E-state index in [4.69, 9.17) is 0 Å². The van der Waals surface area contributed by atoms with Crippen LogP contribution in [0.15, 0.2) is 30.3 Å². The van der Waals surface area contributed by atoms with Crippen molar-refractivity contribution in [3.8, 4) is 0 Å². The highest BCUT2D eigenvalue weighted by Gasteiger charge is 2.23. The summed E-state index contributed by atoms with van der Waals surface area (Å²) >= 11 is 0. The van der Waals surface area contributed by atoms with E-state index in [-0.39, 0.29) is 0 Å². The Morgan fingerprint density at radius 2 is 1.79 bits per heavy atom. The largest absolute Gasteiger partial charge is 0.310 e. The zero-order chi connectivity index (χ0) is 13.5. The molecular weight excluding hydrogens is 230 g/mol. The second kappa shape index (κ2) is 7.69. The summed E-state index contributed by atoms with van der Waals surface area (Å²) in [4.78, 5) is 0. The Balaban J connectivity index is 1.97. The predicted molar refractivity (Wildman–Crippen MR) is 83.2 cm³/mol. The summed E-state index contributed by atoms with van der Waals surface area (Å²) in [6, 6.07) is 11.5. The van der Waals surface area contributed by atoms with E-state index in [2.05, 4.69) is 49.5 Å². The van der Waals surface area contributed by atoms with Crippen LogP contribution in [-0.2, 0) is 0 Å². The monoisotopic (exact) mass is 259 g/mol. The van der Waals surface area contributed by atoms with Gasteiger partial charge in [-0.25, -0.2) is 0 Å². The maximum absolute atomic E-state index is 3.69. The lowest BCUT2D eigenvalue weighted by Gasteiger charge is -2.30. The van der Waals surface area contributed by atoms with Gasteiger partial charge in [0.1, 0.15) is 0 Å². The summed E-state index contributed by atoms with van der Waals surface area (Å²) in [5.74, 6) is 1.69. The Bertz CT molecular complexity index is 340. The van der Waals surface area contributed by atoms with Gasteiger partial charge in [-0.3, -0.25) is 0 Å². The third-order valence-corrected chi connectivity index (χ3v) is 4.58. The third-order valence-electron chi connectivity index (χ3n) is 4.58. The average molecular weight is 259 g/mol. The van der Waals surface area contributed by atoms with E-state index in [9.17, 15) is 0 Å². The maximum Gasteiger partial charge on any atom is 0.0346 e. The van der Waals surface area contributed by atoms with Crippen LogP contribution in [0.4, 0.5) is 0 Å². The first-order valence-electron chi connectivity index (χ1n) is 8.09. The van der Waals surface area contributed by atoms with E-state index in [0.29, 0.717) is 6.04 Å². The van der Waals surface area contributed by atoms with Crippen molar-refractivity contribution in [2.45, 2.75) is 58.4 Å². The van der Waals surface area contributed by atoms with E-state index in [1.54, 1.807) is 0 Å². The van der Waals surface area contributed by atoms with Gasteiger partial charge in [-0.1, -0.05) is 76.3 Å². The number of benzene rings is 1. The van der Waals surface area contributed by atoms with Gasteiger partial charge in [0, 0.05) is 6.04 Å². The molecule has 0 saturated heterocycles. The Morgan fingerprint density at radius 3 is 2.42 bits per heavy atom. The van der Waals surface area contributed by atoms with Crippen molar-refractivity contribution >= 4 is 0 Å². The molecule has 0 aliphatic heterocycles. The molecule has 2 unspecified atom stereocenters. The molecule has 0 amide bonds. The van der Waals surface area contributed by atoms with Gasteiger partial charge in [0.15, 0.2) is 0 Å². The Labute approximate surface area is 118 Å². The molecule has 0 heterocycles. The lowest BCUT2D eigenvalue weighted by Crippen LogP contribution is -2.28. The second-order valence-electron chi connectivity index (χ2n) is 6.16. The molecule has 1 fully saturated rings. The normalized spacial score (nSPS) is 20.1. The molecule has 1 heteroatoms. The van der Waals surface area contributed by atoms with E-state index in [0.717, 1.165) is 18.4 Å². The van der Waals surface area contributed by atoms with Crippen molar-refractivity contribution in [2.24, 2.45) is 11.8 Å². The van der Waals surface area contributed by atoms with Crippen LogP contribution in [0.2, 0.25) is 0 Å². The molecule has 0 radical (unpaired) electrons. The lowest BCUT2D eigenvalue weighted by molar-refractivity contribution is 0.259. The molecule has 1 saturated carbocycles. The molecule has 0 bridgehead atoms. The van der Waals surface area contributed by atoms with Gasteiger partial charge >= 0.3 is 0 Å². The molecule has 1 aliphatic rings. The van der Waals surface area contributed by atoms with Crippen LogP contribution in [0.1, 0.15) is 64.0 Å². The van der Waals surface area contributed by atoms with Gasteiger partial charge in [-0.2, -0.15) is 0 Å². The summed E-state index contributed by atoms with van der Waals surface area (Å²) in [5, 5.41) is 3.69. The van der Waals surface area contributed by atoms with Crippen molar-refractivity contribution in [2.75, 3.05) is 6.54 Å². The molecule has 1 aromatic rings. The molecule has 0 aromatic heterocycles. The topological polar surface area (TPSA) is 12.0 Å². The van der Waals surface area contributed by atoms with Gasteiger partial charge in [-0.05, 0) is 30.4 Å². The highest BCUT2D eigenvalue weighted by atomic mass is 14.9. The van der Waals surface area contributed by atoms with Crippen LogP contribution in [0.25, 0.3) is 0 Å². The summed E-state index contributed by atoms with van der Waals surface area (Å²) in [5.41, 5.74) is 1.45. The first kappa shape index (κ1) is 14.6. The minimum Gasteiger partial charge on any atom is -0.310 e. The zero-order valence-corrected chi connectivity index (χ0v) is 12.6. The zero-order valence-electron chi connectivity index (χ0n) is 12.6. The minimum atomic E-state index is 0.521. The molecule has 2 atom stereocenters. The Morgan fingerprint density at radius 1 is 1.11 bits per heavy atom. The highest BCUT2D eigenvalue weighted by molar-refractivity contribution is 5.19. The molecule has 1 nitrogen and oxygen atoms in total. The van der Waals surface area contributed by atoms with E-state index in [1.807, 2.05) is 0 Å². The number of hydrogen-bond donors (Lipinski definition) is 1. The maximum atomic E-state index is 3.69. The molecular formula is C18H29N. The van der Waals surface area contributed by atoms with Crippen LogP contribution in [0, 0.1) is 11.8 Å². The standard InChI is InChI=1S/C18H29N/c1-3-19-18(17-12-8-5-9-13-17)15(2)14-16-10-6-4-7-11-16/h5,8-9,12-13,15-16,18-19H,3-4,6-7,10-11,14H2,1-2H3. The second-order valence-corrected chi connectivity index (χ2v) is 6.16. The van der Waals surface area contributed by atoms with E-state index in [1.165, 1.54) is 44.1 Å². The van der Waals surface area contributed by atoms with Crippen molar-refractivity contribution in [1.82, 2.24) is 5.32 Å². The predicted octanol–water partition coefficient (Wildman–Crippen LogP) is 4.94. The SMILES string of the molecule is CCNC(c1ccccc1)C(C)CC1CCCCC1. The van der Waals surface area contributed by atoms with Gasteiger partial charge in [0.05, 0.1) is 0 Å². The van der Waals surface area contributed by atoms with Gasteiger partial charge < -0.3 is 5.32 Å². The molecule has 1 N–H and O–H groups in total. The average Bonchev–Trinajstić information content (AvgIpc) is 2.46. The van der Waals surface area contributed by atoms with Crippen LogP contribution in [0.5, 0.6) is 0 Å². The Kier molecular flexibility index (Phi) is 5.91. The van der Waals surface area contributed by atoms with Crippen LogP contribution >= 0.6 is 0 Å². The molecule has 2 rings (SSSR count). The first-order valence-corrected chi connectivity index (χ1v) is 8.09. The van der Waals surface area contributed by atoms with Crippen molar-refractivity contribution in [3.63, 3.8) is 0 Å². The minimum absolute atomic E-state index is 0.521. The van der Waals surface area contributed by atoms with Gasteiger partial charge in [0.25, 0.3) is 0 Å². The van der Waals surface area contributed by atoms with Crippen LogP contribution in [-0.4, -0.2) is 6.54 Å². The quantitative estimate of drug-likeness (QED) is 0.762. The summed E-state index contributed by atoms with van der Waals surface area (Å²) < 4.78 is 0. The molecule has 0 spiro atoms. The highest BCUT2D eigenvalue weighted by Crippen LogP contribution is 2.33. The summed E-state index contributed by atoms with van der Waals surface area (Å²) in [6.45, 7) is 5.69. The number of rotatable bonds is 6. The molecule has 106 valence electrons. The van der Waals surface area contributed by atoms with Gasteiger partial charge in [-0.15, -0.1) is 0 Å². The molecule has 19 heavy (non-hydrogen) atoms. The van der Waals surface area contributed by atoms with E-state index < -0.39 is 0 Å².